The van der Waals surface area contributed by atoms with Crippen LogP contribution in [-0.4, -0.2) is 48.1 Å². The van der Waals surface area contributed by atoms with Gasteiger partial charge in [-0.2, -0.15) is 0 Å². The number of hydrogen-bond acceptors (Lipinski definition) is 2. The maximum absolute atomic E-state index is 2.63. The zero-order chi connectivity index (χ0) is 17.9. The van der Waals surface area contributed by atoms with Crippen molar-refractivity contribution >= 4 is 0 Å². The van der Waals surface area contributed by atoms with Crippen molar-refractivity contribution in [2.45, 2.75) is 104 Å². The van der Waals surface area contributed by atoms with Gasteiger partial charge in [-0.1, -0.05) is 41.5 Å². The van der Waals surface area contributed by atoms with Crippen LogP contribution in [0.4, 0.5) is 0 Å². The molecule has 0 aromatic rings. The van der Waals surface area contributed by atoms with Gasteiger partial charge in [0.25, 0.3) is 0 Å². The van der Waals surface area contributed by atoms with Gasteiger partial charge in [-0.15, -0.1) is 0 Å². The number of likely N-dealkylation sites (tertiary alicyclic amines) is 2. The lowest BCUT2D eigenvalue weighted by molar-refractivity contribution is 0.0814. The minimum atomic E-state index is 0.481. The van der Waals surface area contributed by atoms with E-state index in [0.29, 0.717) is 10.8 Å². The van der Waals surface area contributed by atoms with Gasteiger partial charge in [0.15, 0.2) is 0 Å². The van der Waals surface area contributed by atoms with E-state index < -0.39 is 0 Å². The fourth-order valence-corrected chi connectivity index (χ4v) is 7.05. The van der Waals surface area contributed by atoms with Gasteiger partial charge >= 0.3 is 0 Å². The summed E-state index contributed by atoms with van der Waals surface area (Å²) in [5.41, 5.74) is 0.961. The predicted molar refractivity (Wildman–Crippen MR) is 104 cm³/mol. The van der Waals surface area contributed by atoms with E-state index in [0.717, 1.165) is 36.0 Å². The van der Waals surface area contributed by atoms with Crippen molar-refractivity contribution < 1.29 is 0 Å². The van der Waals surface area contributed by atoms with Crippen molar-refractivity contribution in [3.8, 4) is 0 Å². The summed E-state index contributed by atoms with van der Waals surface area (Å²) < 4.78 is 0. The molecule has 6 atom stereocenters. The minimum absolute atomic E-state index is 0.481. The highest BCUT2D eigenvalue weighted by Gasteiger charge is 2.49. The van der Waals surface area contributed by atoms with Crippen molar-refractivity contribution in [2.75, 3.05) is 14.1 Å². The Kier molecular flexibility index (Phi) is 4.88. The molecule has 2 saturated carbocycles. The van der Waals surface area contributed by atoms with Gasteiger partial charge in [-0.3, -0.25) is 9.80 Å². The van der Waals surface area contributed by atoms with Crippen molar-refractivity contribution in [1.29, 1.82) is 0 Å². The molecule has 2 aliphatic heterocycles. The molecule has 4 unspecified atom stereocenters. The van der Waals surface area contributed by atoms with Crippen LogP contribution < -0.4 is 0 Å². The standard InChI is InChI=1S/2C11H21N/c2*1-11(2,3)10-8-5-6-9(7-8)12(10)4/h2*8-10H,5-7H2,1-4H3/t8-,9+,10?;/m0./s1. The van der Waals surface area contributed by atoms with E-state index in [4.69, 9.17) is 0 Å². The fourth-order valence-electron chi connectivity index (χ4n) is 7.05. The molecule has 2 heterocycles. The predicted octanol–water partition coefficient (Wildman–Crippen LogP) is 5.03. The van der Waals surface area contributed by atoms with E-state index in [9.17, 15) is 0 Å². The van der Waals surface area contributed by atoms with Crippen LogP contribution >= 0.6 is 0 Å². The molecule has 2 aliphatic carbocycles. The highest BCUT2D eigenvalue weighted by molar-refractivity contribution is 5.03. The molecule has 24 heavy (non-hydrogen) atoms. The first-order valence-electron chi connectivity index (χ1n) is 10.4. The molecular formula is C22H42N2. The SMILES string of the molecule is CN1C(C(C)(C)C)[C@H]2CC[C@@H]1C2.CN1C2CCC(C2)C1C(C)(C)C. The van der Waals surface area contributed by atoms with Crippen LogP contribution in [0, 0.1) is 22.7 Å². The van der Waals surface area contributed by atoms with E-state index in [2.05, 4.69) is 65.4 Å². The first-order valence-corrected chi connectivity index (χ1v) is 10.4. The molecule has 0 N–H and O–H groups in total. The third kappa shape index (κ3) is 3.30. The zero-order valence-electron chi connectivity index (χ0n) is 17.6. The lowest BCUT2D eigenvalue weighted by atomic mass is 9.78. The molecule has 2 saturated heterocycles. The Morgan fingerprint density at radius 3 is 1.08 bits per heavy atom. The van der Waals surface area contributed by atoms with Crippen LogP contribution in [0.2, 0.25) is 0 Å². The summed E-state index contributed by atoms with van der Waals surface area (Å²) in [7, 11) is 4.64. The molecule has 140 valence electrons. The van der Waals surface area contributed by atoms with Crippen LogP contribution in [0.5, 0.6) is 0 Å². The first kappa shape index (κ1) is 18.7. The number of rotatable bonds is 0. The number of nitrogens with zero attached hydrogens (tertiary/aromatic N) is 2. The Balaban J connectivity index is 0.000000141. The number of fused-ring (bicyclic) bond motifs is 4. The highest BCUT2D eigenvalue weighted by atomic mass is 15.2. The molecule has 0 spiro atoms. The molecule has 2 nitrogen and oxygen atoms in total. The van der Waals surface area contributed by atoms with Crippen LogP contribution in [0.3, 0.4) is 0 Å². The van der Waals surface area contributed by atoms with Crippen LogP contribution in [0.25, 0.3) is 0 Å². The summed E-state index contributed by atoms with van der Waals surface area (Å²) in [5.74, 6) is 2.00. The Morgan fingerprint density at radius 2 is 0.917 bits per heavy atom. The normalized spacial score (nSPS) is 42.5. The average molecular weight is 335 g/mol. The smallest absolute Gasteiger partial charge is 0.0172 e. The van der Waals surface area contributed by atoms with Gasteiger partial charge in [0, 0.05) is 24.2 Å². The Labute approximate surface area is 151 Å². The summed E-state index contributed by atoms with van der Waals surface area (Å²) in [4.78, 5) is 5.27. The topological polar surface area (TPSA) is 6.48 Å². The Hall–Kier alpha value is -0.0800. The third-order valence-electron chi connectivity index (χ3n) is 7.59. The monoisotopic (exact) mass is 334 g/mol. The van der Waals surface area contributed by atoms with Crippen LogP contribution in [0.1, 0.15) is 80.1 Å². The molecular weight excluding hydrogens is 292 g/mol. The highest BCUT2D eigenvalue weighted by Crippen LogP contribution is 2.48. The molecule has 0 aromatic carbocycles. The maximum Gasteiger partial charge on any atom is 0.0172 e. The second-order valence-electron chi connectivity index (χ2n) is 11.4. The van der Waals surface area contributed by atoms with Crippen molar-refractivity contribution in [3.05, 3.63) is 0 Å². The van der Waals surface area contributed by atoms with E-state index >= 15 is 0 Å². The van der Waals surface area contributed by atoms with Crippen molar-refractivity contribution in [1.82, 2.24) is 9.80 Å². The van der Waals surface area contributed by atoms with Crippen LogP contribution in [0.15, 0.2) is 0 Å². The van der Waals surface area contributed by atoms with E-state index in [-0.39, 0.29) is 0 Å². The van der Waals surface area contributed by atoms with Crippen molar-refractivity contribution in [3.63, 3.8) is 0 Å². The average Bonchev–Trinajstić information content (AvgIpc) is 3.14. The summed E-state index contributed by atoms with van der Waals surface area (Å²) in [6.07, 6.45) is 8.81. The number of piperidine rings is 2. The molecule has 0 aromatic heterocycles. The fraction of sp³-hybridized carbons (Fsp3) is 1.00. The van der Waals surface area contributed by atoms with Gasteiger partial charge in [-0.25, -0.2) is 0 Å². The molecule has 4 rings (SSSR count). The summed E-state index contributed by atoms with van der Waals surface area (Å²) in [6, 6.07) is 3.52. The maximum atomic E-state index is 2.63. The van der Waals surface area contributed by atoms with E-state index in [1.807, 2.05) is 0 Å². The minimum Gasteiger partial charge on any atom is -0.300 e. The molecule has 4 bridgehead atoms. The molecule has 4 aliphatic rings. The summed E-state index contributed by atoms with van der Waals surface area (Å²) in [6.45, 7) is 14.3. The second kappa shape index (κ2) is 6.27. The Bertz CT molecular complexity index is 398. The summed E-state index contributed by atoms with van der Waals surface area (Å²) in [5, 5.41) is 0. The molecule has 4 fully saturated rings. The van der Waals surface area contributed by atoms with Gasteiger partial charge in [0.1, 0.15) is 0 Å². The molecule has 0 amide bonds. The zero-order valence-corrected chi connectivity index (χ0v) is 17.6. The largest absolute Gasteiger partial charge is 0.300 e. The quantitative estimate of drug-likeness (QED) is 0.613. The van der Waals surface area contributed by atoms with E-state index in [1.165, 1.54) is 38.5 Å². The van der Waals surface area contributed by atoms with E-state index in [1.54, 1.807) is 0 Å². The number of hydrogen-bond donors (Lipinski definition) is 0. The summed E-state index contributed by atoms with van der Waals surface area (Å²) >= 11 is 0. The lowest BCUT2D eigenvalue weighted by Crippen LogP contribution is -2.45. The van der Waals surface area contributed by atoms with Crippen LogP contribution in [-0.2, 0) is 0 Å². The lowest BCUT2D eigenvalue weighted by Gasteiger charge is -2.41. The van der Waals surface area contributed by atoms with Crippen molar-refractivity contribution in [2.24, 2.45) is 22.7 Å². The third-order valence-corrected chi connectivity index (χ3v) is 7.59. The first-order chi connectivity index (χ1) is 11.0. The second-order valence-corrected chi connectivity index (χ2v) is 11.4. The molecule has 0 radical (unpaired) electrons. The van der Waals surface area contributed by atoms with Gasteiger partial charge in [0.2, 0.25) is 0 Å². The van der Waals surface area contributed by atoms with Gasteiger partial charge in [-0.05, 0) is 75.3 Å². The van der Waals surface area contributed by atoms with Gasteiger partial charge in [0.05, 0.1) is 0 Å². The Morgan fingerprint density at radius 1 is 0.583 bits per heavy atom. The molecule has 2 heteroatoms. The van der Waals surface area contributed by atoms with Gasteiger partial charge < -0.3 is 0 Å².